The number of alkyl halides is 2. The summed E-state index contributed by atoms with van der Waals surface area (Å²) in [6.45, 7) is 4.65. The van der Waals surface area contributed by atoms with Crippen LogP contribution in [0.4, 0.5) is 8.78 Å². The number of hydrogen-bond donors (Lipinski definition) is 2. The molecule has 0 saturated heterocycles. The van der Waals surface area contributed by atoms with E-state index in [0.29, 0.717) is 5.56 Å². The Balaban J connectivity index is 0.00000361. The third-order valence-electron chi connectivity index (χ3n) is 2.82. The molecule has 20 heavy (non-hydrogen) atoms. The van der Waals surface area contributed by atoms with E-state index in [9.17, 15) is 13.6 Å². The maximum atomic E-state index is 12.9. The van der Waals surface area contributed by atoms with Crippen LogP contribution in [0.1, 0.15) is 36.7 Å². The second-order valence-corrected chi connectivity index (χ2v) is 5.57. The molecule has 1 aromatic carbocycles. The Kier molecular flexibility index (Phi) is 6.58. The molecule has 3 N–H and O–H groups in total. The molecular formula is C14H21ClF2N2O. The third-order valence-corrected chi connectivity index (χ3v) is 2.82. The molecule has 114 valence electrons. The van der Waals surface area contributed by atoms with Gasteiger partial charge in [0, 0.05) is 5.56 Å². The Morgan fingerprint density at radius 2 is 1.70 bits per heavy atom. The maximum Gasteiger partial charge on any atom is 0.277 e. The van der Waals surface area contributed by atoms with Crippen molar-refractivity contribution in [1.82, 2.24) is 5.32 Å². The van der Waals surface area contributed by atoms with E-state index in [1.54, 1.807) is 12.1 Å². The predicted octanol–water partition coefficient (Wildman–Crippen LogP) is 2.73. The number of hydrogen-bond acceptors (Lipinski definition) is 2. The van der Waals surface area contributed by atoms with Gasteiger partial charge in [0.15, 0.2) is 0 Å². The molecule has 0 bridgehead atoms. The molecule has 0 aliphatic rings. The number of carbonyl (C=O) groups excluding carboxylic acids is 1. The first-order valence-corrected chi connectivity index (χ1v) is 6.12. The minimum Gasteiger partial charge on any atom is -0.346 e. The third kappa shape index (κ3) is 5.43. The van der Waals surface area contributed by atoms with E-state index < -0.39 is 24.9 Å². The monoisotopic (exact) mass is 306 g/mol. The molecule has 0 radical (unpaired) electrons. The summed E-state index contributed by atoms with van der Waals surface area (Å²) in [4.78, 5) is 11.7. The van der Waals surface area contributed by atoms with Gasteiger partial charge in [-0.1, -0.05) is 32.9 Å². The van der Waals surface area contributed by atoms with Crippen LogP contribution in [0.5, 0.6) is 0 Å². The first kappa shape index (κ1) is 18.8. The molecule has 1 aromatic rings. The molecule has 0 saturated carbocycles. The van der Waals surface area contributed by atoms with Crippen LogP contribution in [0, 0.1) is 0 Å². The average Bonchev–Trinajstić information content (AvgIpc) is 2.35. The number of nitrogens with two attached hydrogens (primary N) is 1. The summed E-state index contributed by atoms with van der Waals surface area (Å²) in [5, 5.41) is 2.18. The van der Waals surface area contributed by atoms with Gasteiger partial charge in [-0.2, -0.15) is 0 Å². The minimum atomic E-state index is -3.07. The van der Waals surface area contributed by atoms with E-state index in [1.165, 1.54) is 0 Å². The average molecular weight is 307 g/mol. The van der Waals surface area contributed by atoms with Gasteiger partial charge in [0.1, 0.15) is 0 Å². The van der Waals surface area contributed by atoms with Crippen molar-refractivity contribution in [2.45, 2.75) is 32.1 Å². The molecule has 0 spiro atoms. The fourth-order valence-corrected chi connectivity index (χ4v) is 1.51. The van der Waals surface area contributed by atoms with Gasteiger partial charge in [0.25, 0.3) is 11.8 Å². The summed E-state index contributed by atoms with van der Waals surface area (Å²) in [5.41, 5.74) is 6.33. The zero-order chi connectivity index (χ0) is 14.7. The lowest BCUT2D eigenvalue weighted by Crippen LogP contribution is -2.41. The highest BCUT2D eigenvalue weighted by molar-refractivity contribution is 5.94. The van der Waals surface area contributed by atoms with E-state index >= 15 is 0 Å². The molecule has 6 heteroatoms. The van der Waals surface area contributed by atoms with Crippen LogP contribution in [0.15, 0.2) is 24.3 Å². The summed E-state index contributed by atoms with van der Waals surface area (Å²) in [5.74, 6) is -3.59. The summed E-state index contributed by atoms with van der Waals surface area (Å²) in [6.07, 6.45) is 0. The van der Waals surface area contributed by atoms with Crippen molar-refractivity contribution in [1.29, 1.82) is 0 Å². The molecular weight excluding hydrogens is 286 g/mol. The second-order valence-electron chi connectivity index (χ2n) is 5.57. The van der Waals surface area contributed by atoms with Crippen LogP contribution in [0.2, 0.25) is 0 Å². The Hall–Kier alpha value is -1.20. The molecule has 3 nitrogen and oxygen atoms in total. The number of amides is 1. The number of rotatable bonds is 4. The van der Waals surface area contributed by atoms with E-state index in [2.05, 4.69) is 26.1 Å². The van der Waals surface area contributed by atoms with Gasteiger partial charge in [0.2, 0.25) is 0 Å². The van der Waals surface area contributed by atoms with Crippen molar-refractivity contribution in [3.8, 4) is 0 Å². The largest absolute Gasteiger partial charge is 0.346 e. The molecule has 1 rings (SSSR count). The maximum absolute atomic E-state index is 12.9. The van der Waals surface area contributed by atoms with E-state index in [-0.39, 0.29) is 17.8 Å². The lowest BCUT2D eigenvalue weighted by Gasteiger charge is -2.19. The zero-order valence-corrected chi connectivity index (χ0v) is 12.7. The van der Waals surface area contributed by atoms with Crippen molar-refractivity contribution < 1.29 is 13.6 Å². The van der Waals surface area contributed by atoms with Gasteiger partial charge >= 0.3 is 0 Å². The SMILES string of the molecule is CC(C)(C)c1ccc(C(=O)NCC(F)(F)CN)cc1.Cl. The molecule has 0 aliphatic heterocycles. The molecule has 0 heterocycles. The van der Waals surface area contributed by atoms with Crippen LogP contribution in [0.25, 0.3) is 0 Å². The van der Waals surface area contributed by atoms with Gasteiger partial charge in [-0.25, -0.2) is 8.78 Å². The van der Waals surface area contributed by atoms with Crippen molar-refractivity contribution in [3.05, 3.63) is 35.4 Å². The first-order chi connectivity index (χ1) is 8.65. The Morgan fingerprint density at radius 1 is 1.20 bits per heavy atom. The predicted molar refractivity (Wildman–Crippen MR) is 78.7 cm³/mol. The smallest absolute Gasteiger partial charge is 0.277 e. The molecule has 0 atom stereocenters. The number of nitrogens with one attached hydrogen (secondary N) is 1. The highest BCUT2D eigenvalue weighted by Gasteiger charge is 2.27. The highest BCUT2D eigenvalue weighted by atomic mass is 35.5. The summed E-state index contributed by atoms with van der Waals surface area (Å²) in [6, 6.07) is 6.93. The number of halogens is 3. The first-order valence-electron chi connectivity index (χ1n) is 6.12. The van der Waals surface area contributed by atoms with Gasteiger partial charge in [-0.3, -0.25) is 4.79 Å². The van der Waals surface area contributed by atoms with Crippen LogP contribution in [0.3, 0.4) is 0 Å². The molecule has 0 fully saturated rings. The topological polar surface area (TPSA) is 55.1 Å². The second kappa shape index (κ2) is 6.99. The summed E-state index contributed by atoms with van der Waals surface area (Å²) < 4.78 is 25.8. The molecule has 0 aromatic heterocycles. The van der Waals surface area contributed by atoms with Crippen molar-refractivity contribution in [2.75, 3.05) is 13.1 Å². The fraction of sp³-hybridized carbons (Fsp3) is 0.500. The van der Waals surface area contributed by atoms with Crippen LogP contribution >= 0.6 is 12.4 Å². The van der Waals surface area contributed by atoms with Crippen LogP contribution in [-0.4, -0.2) is 24.9 Å². The van der Waals surface area contributed by atoms with Crippen molar-refractivity contribution in [3.63, 3.8) is 0 Å². The van der Waals surface area contributed by atoms with Gasteiger partial charge in [0.05, 0.1) is 13.1 Å². The Morgan fingerprint density at radius 3 is 2.10 bits per heavy atom. The normalized spacial score (nSPS) is 11.7. The fourth-order valence-electron chi connectivity index (χ4n) is 1.51. The highest BCUT2D eigenvalue weighted by Crippen LogP contribution is 2.22. The van der Waals surface area contributed by atoms with Crippen LogP contribution < -0.4 is 11.1 Å². The molecule has 0 unspecified atom stereocenters. The van der Waals surface area contributed by atoms with E-state index in [1.807, 2.05) is 12.1 Å². The lowest BCUT2D eigenvalue weighted by atomic mass is 9.87. The quantitative estimate of drug-likeness (QED) is 0.898. The summed E-state index contributed by atoms with van der Waals surface area (Å²) >= 11 is 0. The van der Waals surface area contributed by atoms with E-state index in [0.717, 1.165) is 5.56 Å². The minimum absolute atomic E-state index is 0. The van der Waals surface area contributed by atoms with Gasteiger partial charge in [-0.15, -0.1) is 12.4 Å². The lowest BCUT2D eigenvalue weighted by molar-refractivity contribution is 0.0118. The van der Waals surface area contributed by atoms with Crippen molar-refractivity contribution in [2.24, 2.45) is 5.73 Å². The summed E-state index contributed by atoms with van der Waals surface area (Å²) in [7, 11) is 0. The van der Waals surface area contributed by atoms with E-state index in [4.69, 9.17) is 5.73 Å². The molecule has 1 amide bonds. The van der Waals surface area contributed by atoms with Gasteiger partial charge < -0.3 is 11.1 Å². The van der Waals surface area contributed by atoms with Crippen molar-refractivity contribution >= 4 is 18.3 Å². The Labute approximate surface area is 124 Å². The number of carbonyl (C=O) groups is 1. The van der Waals surface area contributed by atoms with Crippen LogP contribution in [-0.2, 0) is 5.41 Å². The van der Waals surface area contributed by atoms with Gasteiger partial charge in [-0.05, 0) is 23.1 Å². The zero-order valence-electron chi connectivity index (χ0n) is 11.9. The molecule has 0 aliphatic carbocycles. The standard InChI is InChI=1S/C14H20F2N2O.ClH/c1-13(2,3)11-6-4-10(5-7-11)12(19)18-9-14(15,16)8-17;/h4-7H,8-9,17H2,1-3H3,(H,18,19);1H. The Bertz CT molecular complexity index is 441. The number of benzene rings is 1.